The predicted molar refractivity (Wildman–Crippen MR) is 83.8 cm³/mol. The van der Waals surface area contributed by atoms with Crippen molar-refractivity contribution in [3.63, 3.8) is 0 Å². The van der Waals surface area contributed by atoms with Crippen LogP contribution in [0.15, 0.2) is 36.4 Å². The number of halogens is 1. The molecule has 0 radical (unpaired) electrons. The highest BCUT2D eigenvalue weighted by atomic mass is 35.5. The number of rotatable bonds is 2. The molecule has 21 heavy (non-hydrogen) atoms. The Kier molecular flexibility index (Phi) is 3.47. The maximum atomic E-state index is 11.7. The van der Waals surface area contributed by atoms with E-state index < -0.39 is 6.10 Å². The molecule has 1 atom stereocenters. The largest absolute Gasteiger partial charge is 0.384 e. The molecular weight excluding hydrogens is 286 g/mol. The number of benzene rings is 2. The van der Waals surface area contributed by atoms with Crippen molar-refractivity contribution < 1.29 is 9.90 Å². The molecule has 0 saturated carbocycles. The molecule has 0 saturated heterocycles. The van der Waals surface area contributed by atoms with Crippen LogP contribution in [0.25, 0.3) is 0 Å². The molecule has 1 aliphatic rings. The first-order chi connectivity index (χ1) is 9.95. The summed E-state index contributed by atoms with van der Waals surface area (Å²) in [5.74, 6) is 0.0789. The van der Waals surface area contributed by atoms with E-state index in [9.17, 15) is 9.90 Å². The van der Waals surface area contributed by atoms with Crippen molar-refractivity contribution in [2.45, 2.75) is 19.4 Å². The molecule has 0 aromatic heterocycles. The van der Waals surface area contributed by atoms with Gasteiger partial charge in [-0.25, -0.2) is 0 Å². The monoisotopic (exact) mass is 301 g/mol. The lowest BCUT2D eigenvalue weighted by Crippen LogP contribution is -2.20. The lowest BCUT2D eigenvalue weighted by molar-refractivity contribution is -0.117. The van der Waals surface area contributed by atoms with Crippen LogP contribution in [0.5, 0.6) is 0 Å². The van der Waals surface area contributed by atoms with E-state index in [0.29, 0.717) is 11.4 Å². The van der Waals surface area contributed by atoms with E-state index in [1.54, 1.807) is 18.0 Å². The molecule has 0 aliphatic carbocycles. The van der Waals surface area contributed by atoms with Crippen LogP contribution in [0.4, 0.5) is 5.69 Å². The number of hydrogen-bond donors (Lipinski definition) is 1. The number of nitrogens with zero attached hydrogens (tertiary/aromatic N) is 1. The minimum absolute atomic E-state index is 0.0789. The molecule has 2 aromatic carbocycles. The minimum atomic E-state index is -0.742. The van der Waals surface area contributed by atoms with Gasteiger partial charge in [0.2, 0.25) is 5.91 Å². The van der Waals surface area contributed by atoms with Crippen molar-refractivity contribution in [3.05, 3.63) is 63.7 Å². The Bertz CT molecular complexity index is 706. The fourth-order valence-corrected chi connectivity index (χ4v) is 3.07. The lowest BCUT2D eigenvalue weighted by Gasteiger charge is -2.15. The summed E-state index contributed by atoms with van der Waals surface area (Å²) in [7, 11) is 1.77. The maximum Gasteiger partial charge on any atom is 0.231 e. The first-order valence-corrected chi connectivity index (χ1v) is 7.18. The Morgan fingerprint density at radius 1 is 1.19 bits per heavy atom. The number of anilines is 1. The quantitative estimate of drug-likeness (QED) is 0.925. The fraction of sp³-hybridized carbons (Fsp3) is 0.235. The topological polar surface area (TPSA) is 40.5 Å². The van der Waals surface area contributed by atoms with Gasteiger partial charge in [-0.3, -0.25) is 4.79 Å². The van der Waals surface area contributed by atoms with Crippen LogP contribution < -0.4 is 4.90 Å². The number of aryl methyl sites for hydroxylation is 1. The average Bonchev–Trinajstić information content (AvgIpc) is 2.71. The van der Waals surface area contributed by atoms with Crippen LogP contribution in [-0.4, -0.2) is 18.1 Å². The third-order valence-electron chi connectivity index (χ3n) is 3.88. The zero-order valence-corrected chi connectivity index (χ0v) is 12.7. The van der Waals surface area contributed by atoms with Gasteiger partial charge in [0.15, 0.2) is 0 Å². The molecule has 108 valence electrons. The number of fused-ring (bicyclic) bond motifs is 1. The van der Waals surface area contributed by atoms with Crippen molar-refractivity contribution in [3.8, 4) is 0 Å². The molecule has 4 heteroatoms. The molecule has 3 rings (SSSR count). The Morgan fingerprint density at radius 3 is 2.67 bits per heavy atom. The summed E-state index contributed by atoms with van der Waals surface area (Å²) >= 11 is 6.05. The van der Waals surface area contributed by atoms with E-state index in [2.05, 4.69) is 0 Å². The summed E-state index contributed by atoms with van der Waals surface area (Å²) in [6.45, 7) is 1.94. The second-order valence-corrected chi connectivity index (χ2v) is 5.92. The van der Waals surface area contributed by atoms with Crippen molar-refractivity contribution >= 4 is 23.2 Å². The fourth-order valence-electron chi connectivity index (χ4n) is 2.78. The van der Waals surface area contributed by atoms with Gasteiger partial charge in [0.25, 0.3) is 0 Å². The summed E-state index contributed by atoms with van der Waals surface area (Å²) in [6.07, 6.45) is -0.352. The second kappa shape index (κ2) is 5.17. The average molecular weight is 302 g/mol. The van der Waals surface area contributed by atoms with Gasteiger partial charge in [0.05, 0.1) is 6.42 Å². The van der Waals surface area contributed by atoms with Crippen LogP contribution in [0.2, 0.25) is 5.02 Å². The summed E-state index contributed by atoms with van der Waals surface area (Å²) in [4.78, 5) is 13.4. The zero-order chi connectivity index (χ0) is 15.1. The van der Waals surface area contributed by atoms with Gasteiger partial charge in [-0.2, -0.15) is 0 Å². The van der Waals surface area contributed by atoms with Crippen LogP contribution in [0.3, 0.4) is 0 Å². The number of amides is 1. The third-order valence-corrected chi connectivity index (χ3v) is 4.09. The number of hydrogen-bond acceptors (Lipinski definition) is 2. The summed E-state index contributed by atoms with van der Waals surface area (Å²) in [5.41, 5.74) is 4.42. The predicted octanol–water partition coefficient (Wildman–Crippen LogP) is 3.25. The standard InChI is InChI=1S/C17H16ClNO2/c1-10-5-13(8-14(18)6-10)17(21)11-3-4-15-12(7-11)9-16(20)19(15)2/h3-8,17,21H,9H2,1-2H3. The number of aliphatic hydroxyl groups is 1. The summed E-state index contributed by atoms with van der Waals surface area (Å²) in [5, 5.41) is 11.2. The number of likely N-dealkylation sites (N-methyl/N-ethyl adjacent to an activating group) is 1. The maximum absolute atomic E-state index is 11.7. The Balaban J connectivity index is 1.98. The summed E-state index contributed by atoms with van der Waals surface area (Å²) < 4.78 is 0. The van der Waals surface area contributed by atoms with Crippen molar-refractivity contribution in [2.75, 3.05) is 11.9 Å². The summed E-state index contributed by atoms with van der Waals surface area (Å²) in [6, 6.07) is 11.2. The highest BCUT2D eigenvalue weighted by Gasteiger charge is 2.25. The van der Waals surface area contributed by atoms with Crippen LogP contribution in [0, 0.1) is 6.92 Å². The number of carbonyl (C=O) groups excluding carboxylic acids is 1. The molecule has 1 amide bonds. The molecule has 0 spiro atoms. The molecule has 2 aromatic rings. The van der Waals surface area contributed by atoms with Gasteiger partial charge >= 0.3 is 0 Å². The second-order valence-electron chi connectivity index (χ2n) is 5.48. The molecular formula is C17H16ClNO2. The van der Waals surface area contributed by atoms with E-state index in [-0.39, 0.29) is 5.91 Å². The number of carbonyl (C=O) groups is 1. The zero-order valence-electron chi connectivity index (χ0n) is 11.9. The first kappa shape index (κ1) is 14.1. The van der Waals surface area contributed by atoms with Gasteiger partial charge < -0.3 is 10.0 Å². The highest BCUT2D eigenvalue weighted by molar-refractivity contribution is 6.30. The molecule has 1 heterocycles. The first-order valence-electron chi connectivity index (χ1n) is 6.80. The minimum Gasteiger partial charge on any atom is -0.384 e. The van der Waals surface area contributed by atoms with E-state index in [4.69, 9.17) is 11.6 Å². The van der Waals surface area contributed by atoms with Crippen LogP contribution in [0.1, 0.15) is 28.4 Å². The molecule has 3 nitrogen and oxygen atoms in total. The Labute approximate surface area is 128 Å². The van der Waals surface area contributed by atoms with E-state index in [1.807, 2.05) is 37.3 Å². The SMILES string of the molecule is Cc1cc(Cl)cc(C(O)c2ccc3c(c2)CC(=O)N3C)c1. The Hall–Kier alpha value is -1.84. The highest BCUT2D eigenvalue weighted by Crippen LogP contribution is 2.32. The normalized spacial score (nSPS) is 15.2. The molecule has 1 unspecified atom stereocenters. The van der Waals surface area contributed by atoms with Gasteiger partial charge in [0.1, 0.15) is 6.10 Å². The molecule has 0 bridgehead atoms. The van der Waals surface area contributed by atoms with Crippen LogP contribution in [-0.2, 0) is 11.2 Å². The van der Waals surface area contributed by atoms with E-state index in [0.717, 1.165) is 27.9 Å². The lowest BCUT2D eigenvalue weighted by atomic mass is 9.97. The third kappa shape index (κ3) is 2.55. The Morgan fingerprint density at radius 2 is 1.95 bits per heavy atom. The number of aliphatic hydroxyl groups excluding tert-OH is 1. The van der Waals surface area contributed by atoms with Crippen LogP contribution >= 0.6 is 11.6 Å². The van der Waals surface area contributed by atoms with Crippen molar-refractivity contribution in [1.82, 2.24) is 0 Å². The van der Waals surface area contributed by atoms with Crippen molar-refractivity contribution in [1.29, 1.82) is 0 Å². The molecule has 1 aliphatic heterocycles. The van der Waals surface area contributed by atoms with E-state index in [1.165, 1.54) is 0 Å². The smallest absolute Gasteiger partial charge is 0.231 e. The molecule has 1 N–H and O–H groups in total. The van der Waals surface area contributed by atoms with Gasteiger partial charge in [-0.15, -0.1) is 0 Å². The molecule has 0 fully saturated rings. The van der Waals surface area contributed by atoms with Gasteiger partial charge in [-0.1, -0.05) is 29.8 Å². The van der Waals surface area contributed by atoms with Gasteiger partial charge in [-0.05, 0) is 47.4 Å². The van der Waals surface area contributed by atoms with Crippen molar-refractivity contribution in [2.24, 2.45) is 0 Å². The van der Waals surface area contributed by atoms with Gasteiger partial charge in [0, 0.05) is 17.8 Å². The van der Waals surface area contributed by atoms with E-state index >= 15 is 0 Å².